The number of aromatic amines is 1. The van der Waals surface area contributed by atoms with Gasteiger partial charge in [0.2, 0.25) is 0 Å². The lowest BCUT2D eigenvalue weighted by molar-refractivity contribution is 0.797. The SMILES string of the molecule is [2H]c1nc(C#N)c2c(-c3ccc4c(c(Cl)nn4C)c3Cl)[nH]nc2n1. The number of nitrogens with zero attached hydrogens (tertiary/aromatic N) is 6. The summed E-state index contributed by atoms with van der Waals surface area (Å²) in [4.78, 5) is 7.76. The van der Waals surface area contributed by atoms with Crippen LogP contribution in [-0.4, -0.2) is 29.9 Å². The molecule has 0 fully saturated rings. The molecule has 0 aliphatic heterocycles. The van der Waals surface area contributed by atoms with Gasteiger partial charge in [-0.05, 0) is 12.1 Å². The molecule has 23 heavy (non-hydrogen) atoms. The third kappa shape index (κ3) is 1.89. The Morgan fingerprint density at radius 1 is 1.30 bits per heavy atom. The normalized spacial score (nSPS) is 11.8. The fourth-order valence-corrected chi connectivity index (χ4v) is 3.25. The summed E-state index contributed by atoms with van der Waals surface area (Å²) in [5.74, 6) is 0. The first-order valence-electron chi connectivity index (χ1n) is 6.95. The topological polar surface area (TPSA) is 96.1 Å². The minimum atomic E-state index is -0.269. The molecule has 0 bridgehead atoms. The Labute approximate surface area is 140 Å². The van der Waals surface area contributed by atoms with Crippen LogP contribution in [0.25, 0.3) is 33.2 Å². The molecular weight excluding hydrogens is 337 g/mol. The number of hydrogen-bond donors (Lipinski definition) is 1. The zero-order valence-corrected chi connectivity index (χ0v) is 13.1. The molecule has 1 N–H and O–H groups in total. The quantitative estimate of drug-likeness (QED) is 0.572. The maximum Gasteiger partial charge on any atom is 0.185 e. The second-order valence-corrected chi connectivity index (χ2v) is 5.55. The largest absolute Gasteiger partial charge is 0.275 e. The van der Waals surface area contributed by atoms with E-state index >= 15 is 0 Å². The van der Waals surface area contributed by atoms with Gasteiger partial charge in [0.1, 0.15) is 13.7 Å². The van der Waals surface area contributed by atoms with Gasteiger partial charge >= 0.3 is 0 Å². The van der Waals surface area contributed by atoms with Crippen molar-refractivity contribution >= 4 is 45.1 Å². The van der Waals surface area contributed by atoms with Crippen molar-refractivity contribution in [2.45, 2.75) is 0 Å². The van der Waals surface area contributed by atoms with Crippen molar-refractivity contribution in [2.24, 2.45) is 7.05 Å². The van der Waals surface area contributed by atoms with Crippen molar-refractivity contribution in [3.05, 3.63) is 34.3 Å². The molecule has 0 saturated carbocycles. The number of benzene rings is 1. The Kier molecular flexibility index (Phi) is 2.74. The van der Waals surface area contributed by atoms with Gasteiger partial charge in [-0.15, -0.1) is 0 Å². The second-order valence-electron chi connectivity index (χ2n) is 4.82. The first-order chi connectivity index (χ1) is 11.5. The van der Waals surface area contributed by atoms with Crippen LogP contribution in [-0.2, 0) is 7.05 Å². The van der Waals surface area contributed by atoms with Crippen molar-refractivity contribution in [3.63, 3.8) is 0 Å². The summed E-state index contributed by atoms with van der Waals surface area (Å²) < 4.78 is 9.17. The summed E-state index contributed by atoms with van der Waals surface area (Å²) in [6.07, 6.45) is -0.269. The molecule has 0 saturated heterocycles. The first-order valence-corrected chi connectivity index (χ1v) is 7.20. The molecule has 4 rings (SSSR count). The third-order valence-electron chi connectivity index (χ3n) is 3.59. The summed E-state index contributed by atoms with van der Waals surface area (Å²) in [5, 5.41) is 22.0. The van der Waals surface area contributed by atoms with Gasteiger partial charge in [0, 0.05) is 12.6 Å². The maximum absolute atomic E-state index is 9.31. The highest BCUT2D eigenvalue weighted by molar-refractivity contribution is 6.43. The van der Waals surface area contributed by atoms with E-state index in [1.54, 1.807) is 17.8 Å². The van der Waals surface area contributed by atoms with Gasteiger partial charge in [0.15, 0.2) is 16.5 Å². The predicted octanol–water partition coefficient (Wildman–Crippen LogP) is 3.09. The molecule has 4 aromatic rings. The van der Waals surface area contributed by atoms with Gasteiger partial charge < -0.3 is 0 Å². The zero-order chi connectivity index (χ0) is 17.0. The Morgan fingerprint density at radius 3 is 2.91 bits per heavy atom. The van der Waals surface area contributed by atoms with E-state index in [4.69, 9.17) is 24.6 Å². The van der Waals surface area contributed by atoms with E-state index in [2.05, 4.69) is 25.3 Å². The van der Waals surface area contributed by atoms with Crippen LogP contribution in [0, 0.1) is 11.3 Å². The Balaban J connectivity index is 2.09. The van der Waals surface area contributed by atoms with Crippen LogP contribution in [0.5, 0.6) is 0 Å². The summed E-state index contributed by atoms with van der Waals surface area (Å²) in [6.45, 7) is 0. The number of H-pyrrole nitrogens is 1. The van der Waals surface area contributed by atoms with Crippen LogP contribution >= 0.6 is 23.2 Å². The first kappa shape index (κ1) is 12.8. The highest BCUT2D eigenvalue weighted by Gasteiger charge is 2.20. The van der Waals surface area contributed by atoms with E-state index < -0.39 is 0 Å². The van der Waals surface area contributed by atoms with Crippen molar-refractivity contribution in [1.29, 1.82) is 5.26 Å². The zero-order valence-electron chi connectivity index (χ0n) is 12.6. The molecule has 0 atom stereocenters. The highest BCUT2D eigenvalue weighted by Crippen LogP contribution is 2.39. The lowest BCUT2D eigenvalue weighted by Crippen LogP contribution is -1.90. The van der Waals surface area contributed by atoms with Crippen LogP contribution in [0.3, 0.4) is 0 Å². The minimum absolute atomic E-state index is 0.0576. The van der Waals surface area contributed by atoms with E-state index in [1.165, 1.54) is 0 Å². The van der Waals surface area contributed by atoms with E-state index in [0.717, 1.165) is 5.52 Å². The van der Waals surface area contributed by atoms with Crippen molar-refractivity contribution in [2.75, 3.05) is 0 Å². The van der Waals surface area contributed by atoms with Gasteiger partial charge in [-0.1, -0.05) is 23.2 Å². The molecule has 9 heteroatoms. The lowest BCUT2D eigenvalue weighted by atomic mass is 10.1. The van der Waals surface area contributed by atoms with Crippen LogP contribution in [0.1, 0.15) is 7.06 Å². The number of hydrogen-bond acceptors (Lipinski definition) is 5. The molecule has 1 aromatic carbocycles. The Bertz CT molecular complexity index is 1170. The molecule has 0 spiro atoms. The highest BCUT2D eigenvalue weighted by atomic mass is 35.5. The second kappa shape index (κ2) is 4.91. The predicted molar refractivity (Wildman–Crippen MR) is 86.1 cm³/mol. The molecule has 0 radical (unpaired) electrons. The Morgan fingerprint density at radius 2 is 2.13 bits per heavy atom. The maximum atomic E-state index is 9.31. The minimum Gasteiger partial charge on any atom is -0.275 e. The average molecular weight is 345 g/mol. The monoisotopic (exact) mass is 344 g/mol. The summed E-state index contributed by atoms with van der Waals surface area (Å²) in [7, 11) is 1.77. The van der Waals surface area contributed by atoms with Gasteiger partial charge in [-0.2, -0.15) is 15.5 Å². The molecule has 0 unspecified atom stereocenters. The van der Waals surface area contributed by atoms with Gasteiger partial charge in [-0.3, -0.25) is 9.78 Å². The fourth-order valence-electron chi connectivity index (χ4n) is 2.55. The van der Waals surface area contributed by atoms with Crippen LogP contribution in [0.4, 0.5) is 0 Å². The number of nitriles is 1. The Hall–Kier alpha value is -2.69. The third-order valence-corrected chi connectivity index (χ3v) is 4.25. The van der Waals surface area contributed by atoms with Crippen LogP contribution in [0.2, 0.25) is 10.2 Å². The molecule has 3 heterocycles. The summed E-state index contributed by atoms with van der Waals surface area (Å²) in [6, 6.07) is 5.57. The number of aryl methyl sites for hydroxylation is 1. The van der Waals surface area contributed by atoms with Crippen molar-refractivity contribution < 1.29 is 1.37 Å². The fraction of sp³-hybridized carbons (Fsp3) is 0.0714. The molecule has 0 aliphatic rings. The number of fused-ring (bicyclic) bond motifs is 2. The van der Waals surface area contributed by atoms with Gasteiger partial charge in [0.25, 0.3) is 0 Å². The van der Waals surface area contributed by atoms with E-state index in [0.29, 0.717) is 27.1 Å². The van der Waals surface area contributed by atoms with Gasteiger partial charge in [0.05, 0.1) is 27.0 Å². The lowest BCUT2D eigenvalue weighted by Gasteiger charge is -2.05. The molecular formula is C14H7Cl2N7. The number of halogens is 2. The standard InChI is InChI=1S/C14H7Cl2N7/c1-23-8-3-2-6(11(15)10(8)13(16)22-23)12-9-7(4-17)18-5-19-14(9)21-20-12/h2-3,5H,1H3,(H,18,19,20,21)/i5D. The summed E-state index contributed by atoms with van der Waals surface area (Å²) in [5.41, 5.74) is 2.16. The average Bonchev–Trinajstić information content (AvgIpc) is 3.08. The number of aromatic nitrogens is 6. The van der Waals surface area contributed by atoms with Crippen molar-refractivity contribution in [1.82, 2.24) is 29.9 Å². The van der Waals surface area contributed by atoms with Gasteiger partial charge in [-0.25, -0.2) is 9.97 Å². The number of rotatable bonds is 1. The van der Waals surface area contributed by atoms with E-state index in [9.17, 15) is 5.26 Å². The smallest absolute Gasteiger partial charge is 0.185 e. The van der Waals surface area contributed by atoms with Crippen LogP contribution in [0.15, 0.2) is 18.4 Å². The van der Waals surface area contributed by atoms with Crippen molar-refractivity contribution in [3.8, 4) is 17.3 Å². The molecule has 3 aromatic heterocycles. The van der Waals surface area contributed by atoms with Crippen LogP contribution < -0.4 is 0 Å². The molecule has 0 aliphatic carbocycles. The summed E-state index contributed by atoms with van der Waals surface area (Å²) >= 11 is 12.7. The number of nitrogens with one attached hydrogen (secondary N) is 1. The molecule has 7 nitrogen and oxygen atoms in total. The van der Waals surface area contributed by atoms with E-state index in [1.807, 2.05) is 12.1 Å². The van der Waals surface area contributed by atoms with E-state index in [-0.39, 0.29) is 22.8 Å². The molecule has 112 valence electrons. The molecule has 0 amide bonds.